The largest absolute Gasteiger partial charge is 0.374 e. The molecule has 0 aliphatic carbocycles. The second-order valence-electron chi connectivity index (χ2n) is 6.25. The summed E-state index contributed by atoms with van der Waals surface area (Å²) < 4.78 is 11.9. The molecule has 0 N–H and O–H groups in total. The molecule has 3 aromatic carbocycles. The van der Waals surface area contributed by atoms with Gasteiger partial charge < -0.3 is 9.47 Å². The summed E-state index contributed by atoms with van der Waals surface area (Å²) in [6.07, 6.45) is -0.128. The van der Waals surface area contributed by atoms with Gasteiger partial charge in [-0.3, -0.25) is 0 Å². The predicted octanol–water partition coefficient (Wildman–Crippen LogP) is 5.97. The zero-order valence-electron chi connectivity index (χ0n) is 14.9. The summed E-state index contributed by atoms with van der Waals surface area (Å²) in [6.45, 7) is 3.75. The number of ether oxygens (including phenoxy) is 2. The summed E-state index contributed by atoms with van der Waals surface area (Å²) in [4.78, 5) is 0. The van der Waals surface area contributed by atoms with Crippen LogP contribution in [0.15, 0.2) is 78.9 Å². The van der Waals surface area contributed by atoms with E-state index in [0.29, 0.717) is 19.8 Å². The topological polar surface area (TPSA) is 18.5 Å². The second-order valence-corrected chi connectivity index (χ2v) is 6.69. The van der Waals surface area contributed by atoms with E-state index < -0.39 is 0 Å². The molecule has 0 fully saturated rings. The van der Waals surface area contributed by atoms with Crippen LogP contribution in [-0.4, -0.2) is 13.2 Å². The first-order valence-electron chi connectivity index (χ1n) is 8.78. The predicted molar refractivity (Wildman–Crippen MR) is 107 cm³/mol. The maximum atomic E-state index is 6.14. The molecule has 1 unspecified atom stereocenters. The molecule has 3 aromatic rings. The van der Waals surface area contributed by atoms with Crippen LogP contribution in [0.3, 0.4) is 0 Å². The number of hydrogen-bond donors (Lipinski definition) is 0. The first-order valence-corrected chi connectivity index (χ1v) is 9.15. The van der Waals surface area contributed by atoms with E-state index in [1.807, 2.05) is 42.5 Å². The van der Waals surface area contributed by atoms with Gasteiger partial charge in [-0.2, -0.15) is 0 Å². The molecule has 0 aliphatic rings. The first-order chi connectivity index (χ1) is 12.7. The molecule has 0 heterocycles. The van der Waals surface area contributed by atoms with Crippen molar-refractivity contribution in [2.75, 3.05) is 13.2 Å². The van der Waals surface area contributed by atoms with Crippen molar-refractivity contribution in [2.45, 2.75) is 19.6 Å². The van der Waals surface area contributed by atoms with Gasteiger partial charge in [-0.1, -0.05) is 83.9 Å². The Morgan fingerprint density at radius 3 is 2.12 bits per heavy atom. The van der Waals surface area contributed by atoms with Crippen molar-refractivity contribution in [1.29, 1.82) is 0 Å². The lowest BCUT2D eigenvalue weighted by Crippen LogP contribution is -2.11. The van der Waals surface area contributed by atoms with Crippen LogP contribution < -0.4 is 0 Å². The highest BCUT2D eigenvalue weighted by molar-refractivity contribution is 6.30. The van der Waals surface area contributed by atoms with Crippen molar-refractivity contribution in [2.24, 2.45) is 0 Å². The summed E-state index contributed by atoms with van der Waals surface area (Å²) in [5.41, 5.74) is 4.63. The highest BCUT2D eigenvalue weighted by atomic mass is 35.5. The minimum atomic E-state index is -0.128. The van der Waals surface area contributed by atoms with Gasteiger partial charge in [0.1, 0.15) is 6.10 Å². The average Bonchev–Trinajstić information content (AvgIpc) is 2.68. The summed E-state index contributed by atoms with van der Waals surface area (Å²) in [7, 11) is 0. The van der Waals surface area contributed by atoms with Crippen molar-refractivity contribution in [3.63, 3.8) is 0 Å². The molecule has 0 saturated heterocycles. The molecule has 0 aliphatic heterocycles. The standard InChI is InChI=1S/C23H23ClO2/c1-18-7-9-19(10-8-18)17-25-15-16-26-23(20-5-3-2-4-6-20)21-11-13-22(24)14-12-21/h2-14,23H,15-17H2,1H3. The van der Waals surface area contributed by atoms with Crippen molar-refractivity contribution >= 4 is 11.6 Å². The molecule has 0 spiro atoms. The van der Waals surface area contributed by atoms with Crippen LogP contribution in [0.25, 0.3) is 0 Å². The maximum Gasteiger partial charge on any atom is 0.108 e. The van der Waals surface area contributed by atoms with Crippen molar-refractivity contribution in [1.82, 2.24) is 0 Å². The molecular formula is C23H23ClO2. The molecule has 3 heteroatoms. The van der Waals surface area contributed by atoms with Crippen LogP contribution in [0.1, 0.15) is 28.4 Å². The average molecular weight is 367 g/mol. The number of halogens is 1. The van der Waals surface area contributed by atoms with Crippen molar-refractivity contribution in [3.05, 3.63) is 106 Å². The summed E-state index contributed by atoms with van der Waals surface area (Å²) >= 11 is 6.02. The molecular weight excluding hydrogens is 344 g/mol. The van der Waals surface area contributed by atoms with E-state index in [1.54, 1.807) is 0 Å². The van der Waals surface area contributed by atoms with Gasteiger partial charge in [0, 0.05) is 5.02 Å². The van der Waals surface area contributed by atoms with Crippen LogP contribution in [0.4, 0.5) is 0 Å². The molecule has 0 radical (unpaired) electrons. The van der Waals surface area contributed by atoms with E-state index >= 15 is 0 Å². The van der Waals surface area contributed by atoms with Crippen LogP contribution in [0.5, 0.6) is 0 Å². The summed E-state index contributed by atoms with van der Waals surface area (Å²) in [5, 5.41) is 0.724. The smallest absolute Gasteiger partial charge is 0.108 e. The molecule has 0 aromatic heterocycles. The van der Waals surface area contributed by atoms with Gasteiger partial charge in [0.25, 0.3) is 0 Å². The van der Waals surface area contributed by atoms with Gasteiger partial charge in [-0.15, -0.1) is 0 Å². The zero-order valence-corrected chi connectivity index (χ0v) is 15.7. The third kappa shape index (κ3) is 5.43. The van der Waals surface area contributed by atoms with E-state index in [0.717, 1.165) is 16.1 Å². The molecule has 0 bridgehead atoms. The minimum absolute atomic E-state index is 0.128. The Morgan fingerprint density at radius 2 is 1.42 bits per heavy atom. The van der Waals surface area contributed by atoms with Gasteiger partial charge in [0.2, 0.25) is 0 Å². The maximum absolute atomic E-state index is 6.14. The fourth-order valence-corrected chi connectivity index (χ4v) is 2.88. The molecule has 3 rings (SSSR count). The molecule has 0 amide bonds. The Bertz CT molecular complexity index is 783. The Morgan fingerprint density at radius 1 is 0.769 bits per heavy atom. The van der Waals surface area contributed by atoms with E-state index in [2.05, 4.69) is 43.3 Å². The highest BCUT2D eigenvalue weighted by Crippen LogP contribution is 2.27. The monoisotopic (exact) mass is 366 g/mol. The quantitative estimate of drug-likeness (QED) is 0.457. The Hall–Kier alpha value is -2.13. The number of rotatable bonds is 8. The minimum Gasteiger partial charge on any atom is -0.374 e. The highest BCUT2D eigenvalue weighted by Gasteiger charge is 2.14. The van der Waals surface area contributed by atoms with Gasteiger partial charge in [-0.05, 0) is 35.7 Å². The lowest BCUT2D eigenvalue weighted by atomic mass is 10.0. The van der Waals surface area contributed by atoms with Crippen molar-refractivity contribution < 1.29 is 9.47 Å². The van der Waals surface area contributed by atoms with E-state index in [4.69, 9.17) is 21.1 Å². The summed E-state index contributed by atoms with van der Waals surface area (Å²) in [6, 6.07) is 26.4. The number of hydrogen-bond acceptors (Lipinski definition) is 2. The van der Waals surface area contributed by atoms with Crippen molar-refractivity contribution in [3.8, 4) is 0 Å². The third-order valence-corrected chi connectivity index (χ3v) is 4.43. The van der Waals surface area contributed by atoms with Crippen LogP contribution in [0.2, 0.25) is 5.02 Å². The number of benzene rings is 3. The Balaban J connectivity index is 1.56. The van der Waals surface area contributed by atoms with Crippen LogP contribution >= 0.6 is 11.6 Å². The van der Waals surface area contributed by atoms with Gasteiger partial charge in [-0.25, -0.2) is 0 Å². The molecule has 0 saturated carbocycles. The Kier molecular flexibility index (Phi) is 6.84. The Labute approximate surface area is 160 Å². The SMILES string of the molecule is Cc1ccc(COCCOC(c2ccccc2)c2ccc(Cl)cc2)cc1. The second kappa shape index (κ2) is 9.54. The van der Waals surface area contributed by atoms with E-state index in [-0.39, 0.29) is 6.10 Å². The van der Waals surface area contributed by atoms with Gasteiger partial charge >= 0.3 is 0 Å². The third-order valence-electron chi connectivity index (χ3n) is 4.18. The van der Waals surface area contributed by atoms with E-state index in [1.165, 1.54) is 11.1 Å². The lowest BCUT2D eigenvalue weighted by Gasteiger charge is -2.19. The molecule has 26 heavy (non-hydrogen) atoms. The molecule has 134 valence electrons. The van der Waals surface area contributed by atoms with Gasteiger partial charge in [0.05, 0.1) is 19.8 Å². The molecule has 1 atom stereocenters. The fraction of sp³-hybridized carbons (Fsp3) is 0.217. The normalized spacial score (nSPS) is 12.1. The van der Waals surface area contributed by atoms with Crippen LogP contribution in [0, 0.1) is 6.92 Å². The molecule has 2 nitrogen and oxygen atoms in total. The lowest BCUT2D eigenvalue weighted by molar-refractivity contribution is 0.0145. The first kappa shape index (κ1) is 18.7. The van der Waals surface area contributed by atoms with Crippen LogP contribution in [-0.2, 0) is 16.1 Å². The number of aryl methyl sites for hydroxylation is 1. The van der Waals surface area contributed by atoms with Gasteiger partial charge in [0.15, 0.2) is 0 Å². The summed E-state index contributed by atoms with van der Waals surface area (Å²) in [5.74, 6) is 0. The zero-order chi connectivity index (χ0) is 18.2. The van der Waals surface area contributed by atoms with E-state index in [9.17, 15) is 0 Å². The fourth-order valence-electron chi connectivity index (χ4n) is 2.75.